The van der Waals surface area contributed by atoms with Crippen LogP contribution < -0.4 is 9.64 Å². The number of hydrogen-bond acceptors (Lipinski definition) is 5. The Labute approximate surface area is 158 Å². The molecule has 26 heavy (non-hydrogen) atoms. The number of benzene rings is 2. The largest absolute Gasteiger partial charge is 0.481 e. The summed E-state index contributed by atoms with van der Waals surface area (Å²) in [6.07, 6.45) is 1.58. The van der Waals surface area contributed by atoms with Crippen LogP contribution in [0.5, 0.6) is 5.75 Å². The molecule has 0 aliphatic carbocycles. The molecule has 3 rings (SSSR count). The van der Waals surface area contributed by atoms with Crippen molar-refractivity contribution >= 4 is 51.9 Å². The highest BCUT2D eigenvalue weighted by atomic mass is 32.2. The van der Waals surface area contributed by atoms with Crippen LogP contribution in [-0.4, -0.2) is 27.9 Å². The first-order chi connectivity index (χ1) is 12.5. The highest BCUT2D eigenvalue weighted by Crippen LogP contribution is 2.37. The van der Waals surface area contributed by atoms with Crippen molar-refractivity contribution < 1.29 is 23.8 Å². The van der Waals surface area contributed by atoms with E-state index in [9.17, 15) is 14.0 Å². The average Bonchev–Trinajstić information content (AvgIpc) is 2.87. The summed E-state index contributed by atoms with van der Waals surface area (Å²) in [5.41, 5.74) is 0.903. The SMILES string of the molecule is O=C(O)COc1ccccc1/C=C1\SC(=S)N(c2cccc(F)c2)C1=O. The van der Waals surface area contributed by atoms with Crippen molar-refractivity contribution in [2.45, 2.75) is 0 Å². The standard InChI is InChI=1S/C18H12FNO4S2/c19-12-5-3-6-13(9-12)20-17(23)15(26-18(20)25)8-11-4-1-2-7-14(11)24-10-16(21)22/h1-9H,10H2,(H,21,22)/b15-8-. The minimum atomic E-state index is -1.10. The quantitative estimate of drug-likeness (QED) is 0.621. The summed E-state index contributed by atoms with van der Waals surface area (Å²) < 4.78 is 19.0. The molecule has 1 saturated heterocycles. The average molecular weight is 389 g/mol. The van der Waals surface area contributed by atoms with Crippen LogP contribution in [0.3, 0.4) is 0 Å². The van der Waals surface area contributed by atoms with Crippen LogP contribution in [0, 0.1) is 5.82 Å². The van der Waals surface area contributed by atoms with Gasteiger partial charge in [0.2, 0.25) is 0 Å². The topological polar surface area (TPSA) is 66.8 Å². The number of halogens is 1. The monoisotopic (exact) mass is 389 g/mol. The molecule has 8 heteroatoms. The van der Waals surface area contributed by atoms with E-state index in [-0.39, 0.29) is 10.2 Å². The Kier molecular flexibility index (Phi) is 5.34. The predicted octanol–water partition coefficient (Wildman–Crippen LogP) is 3.69. The molecule has 1 amide bonds. The Bertz CT molecular complexity index is 929. The van der Waals surface area contributed by atoms with E-state index in [1.807, 2.05) is 0 Å². The van der Waals surface area contributed by atoms with Crippen LogP contribution in [0.1, 0.15) is 5.56 Å². The number of amides is 1. The number of carboxylic acid groups (broad SMARTS) is 1. The van der Waals surface area contributed by atoms with Crippen LogP contribution in [0.4, 0.5) is 10.1 Å². The number of hydrogen-bond donors (Lipinski definition) is 1. The van der Waals surface area contributed by atoms with Gasteiger partial charge in [0.05, 0.1) is 10.6 Å². The fraction of sp³-hybridized carbons (Fsp3) is 0.0556. The molecular formula is C18H12FNO4S2. The van der Waals surface area contributed by atoms with Gasteiger partial charge in [-0.1, -0.05) is 48.2 Å². The number of aliphatic carboxylic acids is 1. The van der Waals surface area contributed by atoms with Gasteiger partial charge in [0, 0.05) is 5.56 Å². The number of ether oxygens (including phenoxy) is 1. The van der Waals surface area contributed by atoms with Gasteiger partial charge in [-0.3, -0.25) is 9.69 Å². The van der Waals surface area contributed by atoms with Crippen LogP contribution in [0.15, 0.2) is 53.4 Å². The normalized spacial score (nSPS) is 15.6. The Morgan fingerprint density at radius 2 is 2.04 bits per heavy atom. The molecule has 5 nitrogen and oxygen atoms in total. The smallest absolute Gasteiger partial charge is 0.341 e. The maximum atomic E-state index is 13.5. The number of rotatable bonds is 5. The Morgan fingerprint density at radius 3 is 2.77 bits per heavy atom. The molecule has 0 saturated carbocycles. The van der Waals surface area contributed by atoms with E-state index in [2.05, 4.69) is 0 Å². The molecule has 2 aromatic carbocycles. The van der Waals surface area contributed by atoms with E-state index >= 15 is 0 Å². The minimum absolute atomic E-state index is 0.288. The van der Waals surface area contributed by atoms with Crippen molar-refractivity contribution in [2.75, 3.05) is 11.5 Å². The zero-order valence-corrected chi connectivity index (χ0v) is 14.8. The molecule has 0 bridgehead atoms. The van der Waals surface area contributed by atoms with Gasteiger partial charge in [-0.05, 0) is 30.3 Å². The lowest BCUT2D eigenvalue weighted by atomic mass is 10.2. The highest BCUT2D eigenvalue weighted by molar-refractivity contribution is 8.27. The second-order valence-corrected chi connectivity index (χ2v) is 6.89. The molecule has 0 unspecified atom stereocenters. The van der Waals surface area contributed by atoms with Gasteiger partial charge in [0.25, 0.3) is 5.91 Å². The second-order valence-electron chi connectivity index (χ2n) is 5.22. The number of carbonyl (C=O) groups excluding carboxylic acids is 1. The zero-order valence-electron chi connectivity index (χ0n) is 13.2. The molecule has 1 heterocycles. The van der Waals surface area contributed by atoms with Gasteiger partial charge in [-0.2, -0.15) is 0 Å². The van der Waals surface area contributed by atoms with Crippen molar-refractivity contribution in [3.05, 3.63) is 64.8 Å². The van der Waals surface area contributed by atoms with Gasteiger partial charge in [0.1, 0.15) is 11.6 Å². The third-order valence-corrected chi connectivity index (χ3v) is 4.72. The van der Waals surface area contributed by atoms with E-state index in [1.165, 1.54) is 23.1 Å². The Balaban J connectivity index is 1.90. The van der Waals surface area contributed by atoms with Crippen LogP contribution in [0.2, 0.25) is 0 Å². The maximum Gasteiger partial charge on any atom is 0.341 e. The Hall–Kier alpha value is -2.71. The van der Waals surface area contributed by atoms with Crippen molar-refractivity contribution in [1.29, 1.82) is 0 Å². The van der Waals surface area contributed by atoms with Crippen molar-refractivity contribution in [3.8, 4) is 5.75 Å². The number of thiocarbonyl (C=S) groups is 1. The van der Waals surface area contributed by atoms with Crippen molar-refractivity contribution in [2.24, 2.45) is 0 Å². The molecule has 1 N–H and O–H groups in total. The first-order valence-corrected chi connectivity index (χ1v) is 8.65. The number of carboxylic acids is 1. The van der Waals surface area contributed by atoms with E-state index in [1.54, 1.807) is 36.4 Å². The highest BCUT2D eigenvalue weighted by Gasteiger charge is 2.33. The van der Waals surface area contributed by atoms with Crippen LogP contribution in [0.25, 0.3) is 6.08 Å². The lowest BCUT2D eigenvalue weighted by Crippen LogP contribution is -2.27. The van der Waals surface area contributed by atoms with Crippen LogP contribution in [-0.2, 0) is 9.59 Å². The predicted molar refractivity (Wildman–Crippen MR) is 102 cm³/mol. The van der Waals surface area contributed by atoms with Gasteiger partial charge in [-0.25, -0.2) is 9.18 Å². The van der Waals surface area contributed by atoms with E-state index in [0.29, 0.717) is 21.9 Å². The fourth-order valence-electron chi connectivity index (χ4n) is 2.32. The summed E-state index contributed by atoms with van der Waals surface area (Å²) in [4.78, 5) is 25.0. The first-order valence-electron chi connectivity index (χ1n) is 7.43. The summed E-state index contributed by atoms with van der Waals surface area (Å²) in [6.45, 7) is -0.491. The minimum Gasteiger partial charge on any atom is -0.481 e. The molecule has 0 aromatic heterocycles. The van der Waals surface area contributed by atoms with E-state index in [0.717, 1.165) is 11.8 Å². The van der Waals surface area contributed by atoms with Crippen molar-refractivity contribution in [3.63, 3.8) is 0 Å². The van der Waals surface area contributed by atoms with Gasteiger partial charge in [-0.15, -0.1) is 0 Å². The number of nitrogens with zero attached hydrogens (tertiary/aromatic N) is 1. The second kappa shape index (κ2) is 7.67. The number of anilines is 1. The summed E-state index contributed by atoms with van der Waals surface area (Å²) in [5.74, 6) is -1.60. The lowest BCUT2D eigenvalue weighted by Gasteiger charge is -2.14. The van der Waals surface area contributed by atoms with Crippen molar-refractivity contribution in [1.82, 2.24) is 0 Å². The van der Waals surface area contributed by atoms with Gasteiger partial charge >= 0.3 is 5.97 Å². The van der Waals surface area contributed by atoms with E-state index < -0.39 is 18.4 Å². The summed E-state index contributed by atoms with van der Waals surface area (Å²) >= 11 is 6.34. The third kappa shape index (κ3) is 3.92. The summed E-state index contributed by atoms with van der Waals surface area (Å²) in [6, 6.07) is 12.4. The van der Waals surface area contributed by atoms with Gasteiger partial charge in [0.15, 0.2) is 10.9 Å². The molecule has 2 aromatic rings. The maximum absolute atomic E-state index is 13.5. The molecule has 1 aliphatic rings. The molecule has 0 atom stereocenters. The van der Waals surface area contributed by atoms with Gasteiger partial charge < -0.3 is 9.84 Å². The molecule has 0 radical (unpaired) electrons. The molecule has 132 valence electrons. The number of carbonyl (C=O) groups is 2. The number of thioether (sulfide) groups is 1. The lowest BCUT2D eigenvalue weighted by molar-refractivity contribution is -0.139. The third-order valence-electron chi connectivity index (χ3n) is 3.42. The first kappa shape index (κ1) is 18.1. The molecule has 1 fully saturated rings. The van der Waals surface area contributed by atoms with Crippen LogP contribution >= 0.6 is 24.0 Å². The Morgan fingerprint density at radius 1 is 1.27 bits per heavy atom. The fourth-order valence-corrected chi connectivity index (χ4v) is 3.61. The molecule has 0 spiro atoms. The number of para-hydroxylation sites is 1. The molecular weight excluding hydrogens is 377 g/mol. The molecule has 1 aliphatic heterocycles. The summed E-state index contributed by atoms with van der Waals surface area (Å²) in [5, 5.41) is 8.76. The summed E-state index contributed by atoms with van der Waals surface area (Å²) in [7, 11) is 0. The zero-order chi connectivity index (χ0) is 18.7. The van der Waals surface area contributed by atoms with E-state index in [4.69, 9.17) is 22.1 Å².